The van der Waals surface area contributed by atoms with Crippen LogP contribution in [0, 0.1) is 0 Å². The lowest BCUT2D eigenvalue weighted by atomic mass is 10.0. The van der Waals surface area contributed by atoms with E-state index in [9.17, 15) is 0 Å². The number of benzene rings is 8. The predicted molar refractivity (Wildman–Crippen MR) is 233 cm³/mol. The zero-order valence-electron chi connectivity index (χ0n) is 30.9. The topological polar surface area (TPSA) is 59.1 Å². The van der Waals surface area contributed by atoms with Crippen LogP contribution < -0.4 is 16.0 Å². The summed E-state index contributed by atoms with van der Waals surface area (Å²) in [7, 11) is 0. The third kappa shape index (κ3) is 5.02. The van der Waals surface area contributed by atoms with E-state index in [0.717, 1.165) is 49.9 Å². The van der Waals surface area contributed by atoms with Crippen LogP contribution >= 0.6 is 0 Å². The molecule has 3 aromatic heterocycles. The summed E-state index contributed by atoms with van der Waals surface area (Å²) in [5.41, 5.74) is 12.2. The van der Waals surface area contributed by atoms with E-state index >= 15 is 0 Å². The average Bonchev–Trinajstić information content (AvgIpc) is 3.95. The van der Waals surface area contributed by atoms with E-state index in [1.165, 1.54) is 43.7 Å². The Kier molecular flexibility index (Phi) is 7.25. The average molecular weight is 736 g/mol. The van der Waals surface area contributed by atoms with Crippen molar-refractivity contribution < 1.29 is 4.42 Å². The number of rotatable bonds is 5. The van der Waals surface area contributed by atoms with Gasteiger partial charge in [0, 0.05) is 43.7 Å². The summed E-state index contributed by atoms with van der Waals surface area (Å²) in [5.74, 6) is 0. The number of furan rings is 1. The molecule has 0 saturated carbocycles. The molecule has 2 unspecified atom stereocenters. The molecule has 1 aliphatic rings. The summed E-state index contributed by atoms with van der Waals surface area (Å²) in [6.07, 6.45) is -0.252. The maximum absolute atomic E-state index is 6.56. The number of hydrogen-bond acceptors (Lipinski definition) is 4. The quantitative estimate of drug-likeness (QED) is 0.165. The van der Waals surface area contributed by atoms with E-state index in [2.05, 4.69) is 213 Å². The summed E-state index contributed by atoms with van der Waals surface area (Å²) in [6, 6.07) is 67.2. The van der Waals surface area contributed by atoms with Gasteiger partial charge in [-0.05, 0) is 71.3 Å². The molecule has 1 aliphatic heterocycles. The zero-order chi connectivity index (χ0) is 37.5. The van der Waals surface area contributed by atoms with Gasteiger partial charge in [0.2, 0.25) is 0 Å². The fourth-order valence-electron chi connectivity index (χ4n) is 9.33. The molecule has 0 radical (unpaired) electrons. The lowest BCUT2D eigenvalue weighted by Crippen LogP contribution is -2.54. The minimum atomic E-state index is -0.133. The molecule has 2 atom stereocenters. The first kappa shape index (κ1) is 32.3. The highest BCUT2D eigenvalue weighted by atomic mass is 16.3. The monoisotopic (exact) mass is 735 g/mol. The largest absolute Gasteiger partial charge is 0.456 e. The molecule has 1 saturated heterocycles. The highest BCUT2D eigenvalue weighted by Crippen LogP contribution is 2.46. The van der Waals surface area contributed by atoms with Crippen LogP contribution in [0.25, 0.3) is 76.9 Å². The SMILES string of the molecule is c1ccc(C2NC(c3ccccc3)NC(c3cccc(-n4c5ccc6oc7ccccc7c6c5c5c4ccc4c6ccccc6n(-c6ccccc6)c45)c3)N2)cc1. The van der Waals surface area contributed by atoms with Crippen LogP contribution in [-0.2, 0) is 0 Å². The number of aromatic nitrogens is 2. The van der Waals surface area contributed by atoms with Crippen LogP contribution in [0.3, 0.4) is 0 Å². The number of nitrogens with one attached hydrogen (secondary N) is 3. The van der Waals surface area contributed by atoms with Crippen molar-refractivity contribution in [1.29, 1.82) is 0 Å². The molecule has 6 heteroatoms. The van der Waals surface area contributed by atoms with Crippen molar-refractivity contribution in [2.75, 3.05) is 0 Å². The van der Waals surface area contributed by atoms with Crippen molar-refractivity contribution in [2.24, 2.45) is 0 Å². The summed E-state index contributed by atoms with van der Waals surface area (Å²) in [6.45, 7) is 0. The molecule has 4 heterocycles. The number of hydrogen-bond donors (Lipinski definition) is 3. The second-order valence-corrected chi connectivity index (χ2v) is 15.0. The van der Waals surface area contributed by atoms with Crippen molar-refractivity contribution in [1.82, 2.24) is 25.1 Å². The molecule has 0 spiro atoms. The summed E-state index contributed by atoms with van der Waals surface area (Å²) < 4.78 is 11.5. The molecule has 11 aromatic rings. The molecule has 6 nitrogen and oxygen atoms in total. The summed E-state index contributed by atoms with van der Waals surface area (Å²) >= 11 is 0. The Morgan fingerprint density at radius 1 is 0.351 bits per heavy atom. The van der Waals surface area contributed by atoms with E-state index in [1.807, 2.05) is 0 Å². The van der Waals surface area contributed by atoms with Gasteiger partial charge in [-0.2, -0.15) is 0 Å². The van der Waals surface area contributed by atoms with Crippen molar-refractivity contribution >= 4 is 65.6 Å². The lowest BCUT2D eigenvalue weighted by Gasteiger charge is -2.39. The van der Waals surface area contributed by atoms with Gasteiger partial charge in [-0.3, -0.25) is 16.0 Å². The van der Waals surface area contributed by atoms with Crippen molar-refractivity contribution in [3.05, 3.63) is 205 Å². The van der Waals surface area contributed by atoms with E-state index in [1.54, 1.807) is 0 Å². The Morgan fingerprint density at radius 3 is 1.65 bits per heavy atom. The van der Waals surface area contributed by atoms with Gasteiger partial charge in [-0.1, -0.05) is 133 Å². The molecule has 0 amide bonds. The maximum atomic E-state index is 6.56. The molecule has 3 N–H and O–H groups in total. The summed E-state index contributed by atoms with van der Waals surface area (Å²) in [5, 5.41) is 18.7. The van der Waals surface area contributed by atoms with Crippen LogP contribution in [0.5, 0.6) is 0 Å². The Hall–Kier alpha value is -6.96. The van der Waals surface area contributed by atoms with Gasteiger partial charge >= 0.3 is 0 Å². The molecule has 12 rings (SSSR count). The molecular weight excluding hydrogens is 699 g/mol. The minimum Gasteiger partial charge on any atom is -0.456 e. The van der Waals surface area contributed by atoms with Crippen LogP contribution in [0.4, 0.5) is 0 Å². The zero-order valence-corrected chi connectivity index (χ0v) is 30.9. The number of fused-ring (bicyclic) bond motifs is 11. The van der Waals surface area contributed by atoms with Gasteiger partial charge in [0.1, 0.15) is 11.2 Å². The molecule has 272 valence electrons. The molecular formula is C51H37N5O. The Labute approximate surface area is 328 Å². The van der Waals surface area contributed by atoms with Crippen molar-refractivity contribution in [3.8, 4) is 11.4 Å². The smallest absolute Gasteiger partial charge is 0.136 e. The van der Waals surface area contributed by atoms with Crippen LogP contribution in [-0.4, -0.2) is 9.13 Å². The van der Waals surface area contributed by atoms with E-state index in [4.69, 9.17) is 4.42 Å². The Balaban J connectivity index is 1.13. The van der Waals surface area contributed by atoms with Gasteiger partial charge in [0.15, 0.2) is 0 Å². The third-order valence-electron chi connectivity index (χ3n) is 11.8. The highest BCUT2D eigenvalue weighted by molar-refractivity contribution is 6.34. The van der Waals surface area contributed by atoms with Gasteiger partial charge in [0.05, 0.1) is 40.6 Å². The second kappa shape index (κ2) is 12.8. The van der Waals surface area contributed by atoms with Crippen LogP contribution in [0.2, 0.25) is 0 Å². The highest BCUT2D eigenvalue weighted by Gasteiger charge is 2.30. The van der Waals surface area contributed by atoms with Crippen LogP contribution in [0.15, 0.2) is 192 Å². The lowest BCUT2D eigenvalue weighted by molar-refractivity contribution is 0.203. The van der Waals surface area contributed by atoms with Gasteiger partial charge in [-0.25, -0.2) is 0 Å². The third-order valence-corrected chi connectivity index (χ3v) is 11.8. The fraction of sp³-hybridized carbons (Fsp3) is 0.0588. The van der Waals surface area contributed by atoms with Crippen molar-refractivity contribution in [3.63, 3.8) is 0 Å². The fourth-order valence-corrected chi connectivity index (χ4v) is 9.33. The van der Waals surface area contributed by atoms with E-state index < -0.39 is 0 Å². The molecule has 0 aliphatic carbocycles. The van der Waals surface area contributed by atoms with E-state index in [-0.39, 0.29) is 18.5 Å². The first-order valence-electron chi connectivity index (χ1n) is 19.6. The minimum absolute atomic E-state index is 0.0598. The molecule has 8 aromatic carbocycles. The van der Waals surface area contributed by atoms with E-state index in [0.29, 0.717) is 0 Å². The number of nitrogens with zero attached hydrogens (tertiary/aromatic N) is 2. The normalized spacial score (nSPS) is 17.4. The predicted octanol–water partition coefficient (Wildman–Crippen LogP) is 12.0. The molecule has 1 fully saturated rings. The standard InChI is InChI=1S/C51H37N5O/c1-4-15-32(16-5-1)49-52-50(33-17-6-2-7-18-33)54-51(53-49)34-19-14-22-36(31-34)55-41-29-30-44-45(39-24-11-13-26-43(39)57-44)46(41)47-42(55)28-27-38-37-23-10-12-25-40(37)56(48(38)47)35-20-8-3-9-21-35/h1-31,49-54H. The Bertz CT molecular complexity index is 3240. The second-order valence-electron chi connectivity index (χ2n) is 15.0. The van der Waals surface area contributed by atoms with Crippen molar-refractivity contribution in [2.45, 2.75) is 18.5 Å². The van der Waals surface area contributed by atoms with Gasteiger partial charge < -0.3 is 13.6 Å². The Morgan fingerprint density at radius 2 is 0.912 bits per heavy atom. The molecule has 0 bridgehead atoms. The number of para-hydroxylation sites is 3. The summed E-state index contributed by atoms with van der Waals surface area (Å²) in [4.78, 5) is 0. The molecule has 57 heavy (non-hydrogen) atoms. The van der Waals surface area contributed by atoms with Gasteiger partial charge in [-0.15, -0.1) is 0 Å². The maximum Gasteiger partial charge on any atom is 0.136 e. The first-order chi connectivity index (χ1) is 28.3. The first-order valence-corrected chi connectivity index (χ1v) is 19.6. The van der Waals surface area contributed by atoms with Gasteiger partial charge in [0.25, 0.3) is 0 Å². The van der Waals surface area contributed by atoms with Crippen LogP contribution in [0.1, 0.15) is 35.2 Å².